The van der Waals surface area contributed by atoms with Gasteiger partial charge in [0.05, 0.1) is 19.2 Å². The summed E-state index contributed by atoms with van der Waals surface area (Å²) in [4.78, 5) is 27.8. The second kappa shape index (κ2) is 9.99. The number of nitrogens with one attached hydrogen (secondary N) is 1. The largest absolute Gasteiger partial charge is 0.465 e. The Balaban J connectivity index is 1.61. The number of ether oxygens (including phenoxy) is 2. The average Bonchev–Trinajstić information content (AvgIpc) is 3.06. The van der Waals surface area contributed by atoms with Crippen LogP contribution in [0.2, 0.25) is 0 Å². The van der Waals surface area contributed by atoms with Gasteiger partial charge in [-0.1, -0.05) is 12.1 Å². The zero-order valence-electron chi connectivity index (χ0n) is 16.9. The molecule has 1 N–H and O–H groups in total. The maximum atomic E-state index is 12.6. The van der Waals surface area contributed by atoms with Crippen LogP contribution < -0.4 is 10.1 Å². The smallest absolute Gasteiger partial charge is 0.387 e. The molecule has 1 amide bonds. The first-order chi connectivity index (χ1) is 14.4. The van der Waals surface area contributed by atoms with Gasteiger partial charge >= 0.3 is 12.6 Å². The van der Waals surface area contributed by atoms with Gasteiger partial charge in [-0.2, -0.15) is 8.78 Å². The summed E-state index contributed by atoms with van der Waals surface area (Å²) in [5.41, 5.74) is 2.32. The normalized spacial score (nSPS) is 13.3. The molecule has 6 nitrogen and oxygen atoms in total. The van der Waals surface area contributed by atoms with E-state index in [0.29, 0.717) is 17.1 Å². The Morgan fingerprint density at radius 1 is 1.20 bits per heavy atom. The lowest BCUT2D eigenvalue weighted by molar-refractivity contribution is -0.117. The van der Waals surface area contributed by atoms with E-state index < -0.39 is 12.6 Å². The summed E-state index contributed by atoms with van der Waals surface area (Å²) in [7, 11) is 3.12. The predicted molar refractivity (Wildman–Crippen MR) is 110 cm³/mol. The van der Waals surface area contributed by atoms with Crippen LogP contribution >= 0.6 is 11.3 Å². The number of esters is 1. The van der Waals surface area contributed by atoms with Crippen molar-refractivity contribution in [2.75, 3.05) is 26.0 Å². The molecule has 0 fully saturated rings. The van der Waals surface area contributed by atoms with Crippen LogP contribution in [0.1, 0.15) is 39.2 Å². The molecule has 0 unspecified atom stereocenters. The van der Waals surface area contributed by atoms with Crippen LogP contribution in [0.5, 0.6) is 5.75 Å². The highest BCUT2D eigenvalue weighted by molar-refractivity contribution is 7.17. The number of likely N-dealkylation sites (N-methyl/N-ethyl adjacent to an activating group) is 1. The number of methoxy groups -OCH3 is 1. The van der Waals surface area contributed by atoms with Gasteiger partial charge in [0.25, 0.3) is 0 Å². The summed E-state index contributed by atoms with van der Waals surface area (Å²) >= 11 is 1.44. The van der Waals surface area contributed by atoms with Gasteiger partial charge in [0.15, 0.2) is 0 Å². The highest BCUT2D eigenvalue weighted by atomic mass is 32.1. The van der Waals surface area contributed by atoms with E-state index in [-0.39, 0.29) is 18.2 Å². The Morgan fingerprint density at radius 3 is 2.57 bits per heavy atom. The van der Waals surface area contributed by atoms with E-state index in [1.54, 1.807) is 24.1 Å². The Hall–Kier alpha value is -2.52. The molecule has 0 atom stereocenters. The van der Waals surface area contributed by atoms with E-state index in [1.807, 2.05) is 0 Å². The topological polar surface area (TPSA) is 67.9 Å². The van der Waals surface area contributed by atoms with Crippen molar-refractivity contribution in [3.8, 4) is 5.75 Å². The van der Waals surface area contributed by atoms with Gasteiger partial charge in [-0.25, -0.2) is 4.79 Å². The van der Waals surface area contributed by atoms with Crippen molar-refractivity contribution in [3.05, 3.63) is 45.8 Å². The van der Waals surface area contributed by atoms with Crippen LogP contribution in [0.25, 0.3) is 0 Å². The van der Waals surface area contributed by atoms with Crippen molar-refractivity contribution >= 4 is 28.2 Å². The quantitative estimate of drug-likeness (QED) is 0.629. The van der Waals surface area contributed by atoms with E-state index in [1.165, 1.54) is 30.6 Å². The fourth-order valence-electron chi connectivity index (χ4n) is 3.53. The van der Waals surface area contributed by atoms with Crippen LogP contribution in [0.4, 0.5) is 13.8 Å². The molecule has 9 heteroatoms. The summed E-state index contributed by atoms with van der Waals surface area (Å²) < 4.78 is 33.7. The minimum Gasteiger partial charge on any atom is -0.465 e. The van der Waals surface area contributed by atoms with E-state index in [4.69, 9.17) is 4.74 Å². The number of hydrogen-bond acceptors (Lipinski definition) is 6. The molecule has 162 valence electrons. The predicted octanol–water partition coefficient (Wildman–Crippen LogP) is 4.09. The molecule has 1 aromatic carbocycles. The fraction of sp³-hybridized carbons (Fsp3) is 0.429. The van der Waals surface area contributed by atoms with Gasteiger partial charge in [0.1, 0.15) is 10.8 Å². The second-order valence-corrected chi connectivity index (χ2v) is 8.25. The van der Waals surface area contributed by atoms with Gasteiger partial charge in [0.2, 0.25) is 5.91 Å². The summed E-state index contributed by atoms with van der Waals surface area (Å²) in [6.45, 7) is -2.30. The SMILES string of the molecule is COC(=O)c1c(NC(=O)CN(C)Cc2ccc(OC(F)F)cc2)sc2c1CCCC2. The van der Waals surface area contributed by atoms with Gasteiger partial charge in [-0.15, -0.1) is 11.3 Å². The number of aryl methyl sites for hydroxylation is 1. The second-order valence-electron chi connectivity index (χ2n) is 7.15. The number of nitrogens with zero attached hydrogens (tertiary/aromatic N) is 1. The lowest BCUT2D eigenvalue weighted by atomic mass is 9.95. The van der Waals surface area contributed by atoms with E-state index in [2.05, 4.69) is 10.1 Å². The molecule has 1 aromatic heterocycles. The number of anilines is 1. The molecule has 0 spiro atoms. The third kappa shape index (κ3) is 5.54. The summed E-state index contributed by atoms with van der Waals surface area (Å²) in [6, 6.07) is 6.28. The highest BCUT2D eigenvalue weighted by Gasteiger charge is 2.27. The molecule has 0 aliphatic heterocycles. The Labute approximate surface area is 177 Å². The number of fused-ring (bicyclic) bond motifs is 1. The maximum Gasteiger partial charge on any atom is 0.387 e. The van der Waals surface area contributed by atoms with Crippen molar-refractivity contribution in [3.63, 3.8) is 0 Å². The molecule has 0 saturated heterocycles. The van der Waals surface area contributed by atoms with Gasteiger partial charge in [0, 0.05) is 11.4 Å². The molecule has 0 saturated carbocycles. The fourth-order valence-corrected chi connectivity index (χ4v) is 4.82. The molecule has 2 aromatic rings. The summed E-state index contributed by atoms with van der Waals surface area (Å²) in [6.07, 6.45) is 3.82. The molecule has 3 rings (SSSR count). The van der Waals surface area contributed by atoms with Crippen molar-refractivity contribution in [1.82, 2.24) is 4.90 Å². The van der Waals surface area contributed by atoms with Gasteiger partial charge in [-0.3, -0.25) is 9.69 Å². The first-order valence-electron chi connectivity index (χ1n) is 9.62. The minimum absolute atomic E-state index is 0.0890. The number of alkyl halides is 2. The van der Waals surface area contributed by atoms with Crippen LogP contribution in [-0.4, -0.2) is 44.1 Å². The summed E-state index contributed by atoms with van der Waals surface area (Å²) in [5, 5.41) is 3.41. The van der Waals surface area contributed by atoms with Crippen molar-refractivity contribution in [2.24, 2.45) is 0 Å². The lowest BCUT2D eigenvalue weighted by Crippen LogP contribution is -2.30. The third-order valence-electron chi connectivity index (χ3n) is 4.83. The van der Waals surface area contributed by atoms with Crippen LogP contribution in [0.3, 0.4) is 0 Å². The molecule has 1 aliphatic carbocycles. The summed E-state index contributed by atoms with van der Waals surface area (Å²) in [5.74, 6) is -0.575. The Bertz CT molecular complexity index is 899. The Morgan fingerprint density at radius 2 is 1.90 bits per heavy atom. The van der Waals surface area contributed by atoms with Crippen molar-refractivity contribution in [2.45, 2.75) is 38.8 Å². The number of rotatable bonds is 8. The number of amides is 1. The van der Waals surface area contributed by atoms with Gasteiger partial charge < -0.3 is 14.8 Å². The molecule has 1 heterocycles. The number of hydrogen-bond donors (Lipinski definition) is 1. The molecule has 0 radical (unpaired) electrons. The molecule has 0 bridgehead atoms. The van der Waals surface area contributed by atoms with Crippen molar-refractivity contribution < 1.29 is 27.8 Å². The van der Waals surface area contributed by atoms with E-state index in [9.17, 15) is 18.4 Å². The monoisotopic (exact) mass is 438 g/mol. The number of halogens is 2. The van der Waals surface area contributed by atoms with Crippen LogP contribution in [0.15, 0.2) is 24.3 Å². The number of thiophene rings is 1. The minimum atomic E-state index is -2.86. The number of benzene rings is 1. The standard InChI is InChI=1S/C21H24F2N2O4S/c1-25(11-13-7-9-14(10-8-13)29-21(22)23)12-17(26)24-19-18(20(27)28-2)15-5-3-4-6-16(15)30-19/h7-10,21H,3-6,11-12H2,1-2H3,(H,24,26). The molecular weight excluding hydrogens is 414 g/mol. The first-order valence-corrected chi connectivity index (χ1v) is 10.4. The highest BCUT2D eigenvalue weighted by Crippen LogP contribution is 2.38. The first kappa shape index (κ1) is 22.2. The Kier molecular flexibility index (Phi) is 7.38. The molecule has 1 aliphatic rings. The zero-order chi connectivity index (χ0) is 21.7. The van der Waals surface area contributed by atoms with Crippen molar-refractivity contribution in [1.29, 1.82) is 0 Å². The lowest BCUT2D eigenvalue weighted by Gasteiger charge is -2.17. The molecular formula is C21H24F2N2O4S. The zero-order valence-corrected chi connectivity index (χ0v) is 17.7. The maximum absolute atomic E-state index is 12.6. The average molecular weight is 438 g/mol. The van der Waals surface area contributed by atoms with E-state index in [0.717, 1.165) is 41.7 Å². The molecule has 30 heavy (non-hydrogen) atoms. The third-order valence-corrected chi connectivity index (χ3v) is 6.04. The number of carbonyl (C=O) groups is 2. The van der Waals surface area contributed by atoms with Gasteiger partial charge in [-0.05, 0) is 56.0 Å². The number of carbonyl (C=O) groups excluding carboxylic acids is 2. The van der Waals surface area contributed by atoms with Crippen LogP contribution in [-0.2, 0) is 28.9 Å². The van der Waals surface area contributed by atoms with E-state index >= 15 is 0 Å². The van der Waals surface area contributed by atoms with Crippen LogP contribution in [0, 0.1) is 0 Å².